The smallest absolute Gasteiger partial charge is 0.164 e. The van der Waals surface area contributed by atoms with Crippen LogP contribution >= 0.6 is 0 Å². The van der Waals surface area contributed by atoms with Gasteiger partial charge < -0.3 is 28.8 Å². The van der Waals surface area contributed by atoms with E-state index in [-0.39, 0.29) is 0 Å². The Labute approximate surface area is 212 Å². The van der Waals surface area contributed by atoms with Crippen molar-refractivity contribution in [1.82, 2.24) is 0 Å². The number of fused-ring (bicyclic) bond motifs is 1. The molecule has 3 aromatic carbocycles. The van der Waals surface area contributed by atoms with E-state index < -0.39 is 42.4 Å². The first-order chi connectivity index (χ1) is 17.5. The van der Waals surface area contributed by atoms with Crippen molar-refractivity contribution < 1.29 is 28.8 Å². The lowest BCUT2D eigenvalue weighted by atomic mass is 9.84. The highest BCUT2D eigenvalue weighted by atomic mass is 16.8. The molecule has 5 rings (SSSR count). The average molecular weight is 491 g/mol. The van der Waals surface area contributed by atoms with Gasteiger partial charge in [-0.2, -0.15) is 0 Å². The van der Waals surface area contributed by atoms with Crippen LogP contribution in [0.4, 0.5) is 0 Å². The van der Waals surface area contributed by atoms with E-state index in [0.29, 0.717) is 19.8 Å². The Morgan fingerprint density at radius 1 is 0.583 bits per heavy atom. The molecule has 1 heterocycles. The van der Waals surface area contributed by atoms with E-state index in [1.165, 1.54) is 0 Å². The third-order valence-electron chi connectivity index (χ3n) is 6.66. The van der Waals surface area contributed by atoms with E-state index >= 15 is 0 Å². The predicted molar refractivity (Wildman–Crippen MR) is 135 cm³/mol. The van der Waals surface area contributed by atoms with Crippen molar-refractivity contribution in [1.29, 1.82) is 0 Å². The molecule has 0 aromatic heterocycles. The Morgan fingerprint density at radius 3 is 1.39 bits per heavy atom. The molecule has 0 spiro atoms. The standard InChI is InChI=1S/C30H34O6/c1-30(2)35-28-26(33-19-22-14-8-4-9-15-22)24(31)25(32-18-21-12-6-3-7-13-21)27(29(28)36-30)34-20-23-16-10-5-11-17-23/h3-17,24-29,31H,18-20H2,1-2H3/t24-,25+,26?,27-,28-,29?/m1/s1. The number of ether oxygens (including phenoxy) is 5. The molecule has 190 valence electrons. The highest BCUT2D eigenvalue weighted by molar-refractivity contribution is 5.16. The van der Waals surface area contributed by atoms with E-state index in [0.717, 1.165) is 16.7 Å². The zero-order valence-corrected chi connectivity index (χ0v) is 20.7. The van der Waals surface area contributed by atoms with Gasteiger partial charge in [0.15, 0.2) is 5.79 Å². The molecule has 2 aliphatic rings. The van der Waals surface area contributed by atoms with Gasteiger partial charge in [0.25, 0.3) is 0 Å². The van der Waals surface area contributed by atoms with Crippen molar-refractivity contribution in [3.05, 3.63) is 108 Å². The molecule has 1 aliphatic carbocycles. The molecule has 1 N–H and O–H groups in total. The molecule has 0 bridgehead atoms. The maximum Gasteiger partial charge on any atom is 0.164 e. The molecule has 0 amide bonds. The summed E-state index contributed by atoms with van der Waals surface area (Å²) in [5, 5.41) is 11.6. The van der Waals surface area contributed by atoms with Crippen molar-refractivity contribution in [3.8, 4) is 0 Å². The molecular weight excluding hydrogens is 456 g/mol. The first-order valence-corrected chi connectivity index (χ1v) is 12.5. The topological polar surface area (TPSA) is 66.4 Å². The van der Waals surface area contributed by atoms with Crippen LogP contribution in [0.3, 0.4) is 0 Å². The van der Waals surface area contributed by atoms with E-state index in [2.05, 4.69) is 0 Å². The molecule has 2 unspecified atom stereocenters. The van der Waals surface area contributed by atoms with Gasteiger partial charge in [0, 0.05) is 0 Å². The molecular formula is C30H34O6. The van der Waals surface area contributed by atoms with Crippen LogP contribution in [0, 0.1) is 0 Å². The van der Waals surface area contributed by atoms with E-state index in [1.54, 1.807) is 0 Å². The lowest BCUT2D eigenvalue weighted by Crippen LogP contribution is -2.64. The Hall–Kier alpha value is -2.58. The van der Waals surface area contributed by atoms with Crippen molar-refractivity contribution in [2.75, 3.05) is 0 Å². The van der Waals surface area contributed by atoms with Gasteiger partial charge in [0.05, 0.1) is 19.8 Å². The Morgan fingerprint density at radius 2 is 0.944 bits per heavy atom. The predicted octanol–water partition coefficient (Wildman–Crippen LogP) is 4.64. The SMILES string of the molecule is CC1(C)OC2[C@H](O1)C(OCc1ccccc1)[C@H](O)[C@H](OCc1ccccc1)[C@H]2OCc1ccccc1. The van der Waals surface area contributed by atoms with Crippen LogP contribution in [0.5, 0.6) is 0 Å². The lowest BCUT2D eigenvalue weighted by Gasteiger charge is -2.44. The van der Waals surface area contributed by atoms with Gasteiger partial charge in [-0.15, -0.1) is 0 Å². The van der Waals surface area contributed by atoms with Crippen LogP contribution in [0.2, 0.25) is 0 Å². The number of rotatable bonds is 9. The van der Waals surface area contributed by atoms with Crippen molar-refractivity contribution in [2.45, 2.75) is 76.1 Å². The van der Waals surface area contributed by atoms with Crippen molar-refractivity contribution in [2.24, 2.45) is 0 Å². The molecule has 36 heavy (non-hydrogen) atoms. The summed E-state index contributed by atoms with van der Waals surface area (Å²) in [7, 11) is 0. The zero-order chi connectivity index (χ0) is 25.0. The summed E-state index contributed by atoms with van der Waals surface area (Å²) in [5.74, 6) is -0.841. The van der Waals surface area contributed by atoms with Crippen LogP contribution in [0.15, 0.2) is 91.0 Å². The minimum absolute atomic E-state index is 0.334. The Kier molecular flexibility index (Phi) is 7.82. The normalized spacial score (nSPS) is 29.1. The van der Waals surface area contributed by atoms with E-state index in [1.807, 2.05) is 105 Å². The van der Waals surface area contributed by atoms with Gasteiger partial charge in [-0.05, 0) is 30.5 Å². The van der Waals surface area contributed by atoms with Crippen LogP contribution in [0.1, 0.15) is 30.5 Å². The summed E-state index contributed by atoms with van der Waals surface area (Å²) < 4.78 is 31.7. The molecule has 2 fully saturated rings. The second-order valence-electron chi connectivity index (χ2n) is 9.84. The maximum absolute atomic E-state index is 11.6. The van der Waals surface area contributed by atoms with Crippen molar-refractivity contribution in [3.63, 3.8) is 0 Å². The summed E-state index contributed by atoms with van der Waals surface area (Å²) in [6.45, 7) is 4.80. The fourth-order valence-corrected chi connectivity index (χ4v) is 4.96. The van der Waals surface area contributed by atoms with E-state index in [9.17, 15) is 5.11 Å². The second-order valence-corrected chi connectivity index (χ2v) is 9.84. The molecule has 1 saturated heterocycles. The van der Waals surface area contributed by atoms with Crippen LogP contribution in [0.25, 0.3) is 0 Å². The molecule has 3 aromatic rings. The van der Waals surface area contributed by atoms with E-state index in [4.69, 9.17) is 23.7 Å². The van der Waals surface area contributed by atoms with Crippen LogP contribution < -0.4 is 0 Å². The summed E-state index contributed by atoms with van der Waals surface area (Å²) in [6, 6.07) is 29.8. The second kappa shape index (κ2) is 11.2. The summed E-state index contributed by atoms with van der Waals surface area (Å²) >= 11 is 0. The largest absolute Gasteiger partial charge is 0.387 e. The number of benzene rings is 3. The van der Waals surface area contributed by atoms with Gasteiger partial charge in [-0.3, -0.25) is 0 Å². The number of hydrogen-bond donors (Lipinski definition) is 1. The van der Waals surface area contributed by atoms with Gasteiger partial charge >= 0.3 is 0 Å². The van der Waals surface area contributed by atoms with Gasteiger partial charge in [-0.25, -0.2) is 0 Å². The first kappa shape index (κ1) is 25.1. The van der Waals surface area contributed by atoms with Crippen molar-refractivity contribution >= 4 is 0 Å². The average Bonchev–Trinajstić information content (AvgIpc) is 3.22. The fourth-order valence-electron chi connectivity index (χ4n) is 4.96. The van der Waals surface area contributed by atoms with Crippen LogP contribution in [-0.2, 0) is 43.5 Å². The van der Waals surface area contributed by atoms with Gasteiger partial charge in [0.1, 0.15) is 36.6 Å². The highest BCUT2D eigenvalue weighted by Gasteiger charge is 2.59. The fraction of sp³-hybridized carbons (Fsp3) is 0.400. The number of aliphatic hydroxyl groups is 1. The summed E-state index contributed by atoms with van der Waals surface area (Å²) in [6.07, 6.45) is -3.81. The third-order valence-corrected chi connectivity index (χ3v) is 6.66. The highest BCUT2D eigenvalue weighted by Crippen LogP contribution is 2.41. The molecule has 6 atom stereocenters. The first-order valence-electron chi connectivity index (χ1n) is 12.5. The minimum atomic E-state index is -0.975. The summed E-state index contributed by atoms with van der Waals surface area (Å²) in [4.78, 5) is 0. The number of hydrogen-bond acceptors (Lipinski definition) is 6. The van der Waals surface area contributed by atoms with Gasteiger partial charge in [0.2, 0.25) is 0 Å². The molecule has 1 aliphatic heterocycles. The van der Waals surface area contributed by atoms with Crippen LogP contribution in [-0.4, -0.2) is 47.5 Å². The summed E-state index contributed by atoms with van der Waals surface area (Å²) in [5.41, 5.74) is 3.06. The monoisotopic (exact) mass is 490 g/mol. The Bertz CT molecular complexity index is 1070. The number of aliphatic hydroxyl groups excluding tert-OH is 1. The third kappa shape index (κ3) is 5.86. The lowest BCUT2D eigenvalue weighted by molar-refractivity contribution is -0.238. The Balaban J connectivity index is 1.40. The molecule has 6 nitrogen and oxygen atoms in total. The molecule has 1 saturated carbocycles. The quantitative estimate of drug-likeness (QED) is 0.472. The molecule has 6 heteroatoms. The molecule has 0 radical (unpaired) electrons. The maximum atomic E-state index is 11.6. The minimum Gasteiger partial charge on any atom is -0.387 e. The van der Waals surface area contributed by atoms with Gasteiger partial charge in [-0.1, -0.05) is 91.0 Å². The zero-order valence-electron chi connectivity index (χ0n) is 20.7.